The van der Waals surface area contributed by atoms with Gasteiger partial charge in [0.25, 0.3) is 0 Å². The lowest BCUT2D eigenvalue weighted by molar-refractivity contribution is 0.0477. The second-order valence-corrected chi connectivity index (χ2v) is 6.88. The molecule has 1 N–H and O–H groups in total. The lowest BCUT2D eigenvalue weighted by atomic mass is 9.83. The lowest BCUT2D eigenvalue weighted by Gasteiger charge is -2.29. The van der Waals surface area contributed by atoms with E-state index in [4.69, 9.17) is 4.74 Å². The van der Waals surface area contributed by atoms with Gasteiger partial charge in [0.05, 0.1) is 12.2 Å². The van der Waals surface area contributed by atoms with Gasteiger partial charge in [-0.25, -0.2) is 0 Å². The maximum atomic E-state index is 6.03. The summed E-state index contributed by atoms with van der Waals surface area (Å²) in [5.41, 5.74) is 0. The number of thiophene rings is 1. The molecule has 0 radical (unpaired) electrons. The van der Waals surface area contributed by atoms with Gasteiger partial charge in [0.15, 0.2) is 0 Å². The molecule has 1 fully saturated rings. The molecule has 5 atom stereocenters. The van der Waals surface area contributed by atoms with Crippen LogP contribution < -0.4 is 5.32 Å². The topological polar surface area (TPSA) is 21.3 Å². The molecule has 0 spiro atoms. The van der Waals surface area contributed by atoms with Gasteiger partial charge < -0.3 is 10.1 Å². The first-order valence-electron chi connectivity index (χ1n) is 7.55. The van der Waals surface area contributed by atoms with E-state index in [0.717, 1.165) is 13.0 Å². The van der Waals surface area contributed by atoms with E-state index in [1.165, 1.54) is 9.75 Å². The predicted molar refractivity (Wildman–Crippen MR) is 82.8 cm³/mol. The Morgan fingerprint density at radius 2 is 1.95 bits per heavy atom. The van der Waals surface area contributed by atoms with E-state index in [-0.39, 0.29) is 0 Å². The van der Waals surface area contributed by atoms with Gasteiger partial charge in [-0.3, -0.25) is 0 Å². The van der Waals surface area contributed by atoms with E-state index >= 15 is 0 Å². The standard InChI is InChI=1S/C16H27NOS/c1-6-13-8-9-14(19-13)16(17-7-2)15-10(3)11(4)18-12(15)5/h8-12,15-17H,6-7H2,1-5H3. The Bertz CT molecular complexity index is 403. The van der Waals surface area contributed by atoms with Gasteiger partial charge in [-0.2, -0.15) is 0 Å². The highest BCUT2D eigenvalue weighted by atomic mass is 32.1. The number of rotatable bonds is 5. The minimum atomic E-state index is 0.334. The highest BCUT2D eigenvalue weighted by Gasteiger charge is 2.42. The zero-order valence-corrected chi connectivity index (χ0v) is 13.6. The van der Waals surface area contributed by atoms with Gasteiger partial charge in [0.2, 0.25) is 0 Å². The van der Waals surface area contributed by atoms with Crippen molar-refractivity contribution in [3.63, 3.8) is 0 Å². The van der Waals surface area contributed by atoms with Gasteiger partial charge in [-0.05, 0) is 44.9 Å². The predicted octanol–water partition coefficient (Wildman–Crippen LogP) is 4.02. The second-order valence-electron chi connectivity index (χ2n) is 5.68. The van der Waals surface area contributed by atoms with E-state index in [1.807, 2.05) is 11.3 Å². The van der Waals surface area contributed by atoms with Crippen LogP contribution in [0.4, 0.5) is 0 Å². The molecular formula is C16H27NOS. The Morgan fingerprint density at radius 1 is 1.21 bits per heavy atom. The van der Waals surface area contributed by atoms with E-state index < -0.39 is 0 Å². The molecule has 1 saturated heterocycles. The molecule has 1 aromatic heterocycles. The van der Waals surface area contributed by atoms with Crippen molar-refractivity contribution in [3.05, 3.63) is 21.9 Å². The molecule has 108 valence electrons. The fourth-order valence-corrected chi connectivity index (χ4v) is 4.35. The number of nitrogens with one attached hydrogen (secondary N) is 1. The van der Waals surface area contributed by atoms with Crippen LogP contribution in [0.25, 0.3) is 0 Å². The Hall–Kier alpha value is -0.380. The Kier molecular flexibility index (Phi) is 5.04. The Balaban J connectivity index is 2.24. The normalized spacial score (nSPS) is 32.7. The van der Waals surface area contributed by atoms with Crippen LogP contribution in [0, 0.1) is 11.8 Å². The van der Waals surface area contributed by atoms with Gasteiger partial charge in [-0.1, -0.05) is 20.8 Å². The maximum absolute atomic E-state index is 6.03. The Morgan fingerprint density at radius 3 is 2.42 bits per heavy atom. The molecule has 1 aliphatic heterocycles. The van der Waals surface area contributed by atoms with Crippen molar-refractivity contribution in [2.45, 2.75) is 59.3 Å². The highest BCUT2D eigenvalue weighted by molar-refractivity contribution is 7.12. The van der Waals surface area contributed by atoms with Gasteiger partial charge >= 0.3 is 0 Å². The van der Waals surface area contributed by atoms with Crippen molar-refractivity contribution in [3.8, 4) is 0 Å². The SMILES string of the molecule is CCNC(c1ccc(CC)s1)C1C(C)OC(C)C1C. The summed E-state index contributed by atoms with van der Waals surface area (Å²) in [5, 5.41) is 3.69. The molecule has 3 heteroatoms. The molecule has 1 aliphatic rings. The first kappa shape index (κ1) is 15.0. The van der Waals surface area contributed by atoms with E-state index in [9.17, 15) is 0 Å². The van der Waals surface area contributed by atoms with E-state index in [2.05, 4.69) is 52.1 Å². The van der Waals surface area contributed by atoms with Crippen LogP contribution in [-0.2, 0) is 11.2 Å². The zero-order valence-electron chi connectivity index (χ0n) is 12.8. The minimum Gasteiger partial charge on any atom is -0.375 e. The summed E-state index contributed by atoms with van der Waals surface area (Å²) in [6, 6.07) is 5.02. The largest absolute Gasteiger partial charge is 0.375 e. The third-order valence-corrected chi connectivity index (χ3v) is 5.78. The third-order valence-electron chi connectivity index (χ3n) is 4.47. The van der Waals surface area contributed by atoms with Gasteiger partial charge in [-0.15, -0.1) is 11.3 Å². The Labute approximate surface area is 121 Å². The third kappa shape index (κ3) is 3.04. The van der Waals surface area contributed by atoms with Crippen molar-refractivity contribution in [2.75, 3.05) is 6.54 Å². The molecule has 1 aromatic rings. The van der Waals surface area contributed by atoms with Crippen LogP contribution in [-0.4, -0.2) is 18.8 Å². The summed E-state index contributed by atoms with van der Waals surface area (Å²) < 4.78 is 6.03. The van der Waals surface area contributed by atoms with Crippen LogP contribution in [0.15, 0.2) is 12.1 Å². The average molecular weight is 281 g/mol. The molecule has 5 unspecified atom stereocenters. The van der Waals surface area contributed by atoms with Crippen LogP contribution in [0.5, 0.6) is 0 Å². The molecule has 2 rings (SSSR count). The molecule has 0 amide bonds. The first-order valence-corrected chi connectivity index (χ1v) is 8.37. The zero-order chi connectivity index (χ0) is 14.0. The average Bonchev–Trinajstić information content (AvgIpc) is 2.94. The summed E-state index contributed by atoms with van der Waals surface area (Å²) >= 11 is 1.96. The summed E-state index contributed by atoms with van der Waals surface area (Å²) in [5.74, 6) is 1.17. The molecule has 0 aliphatic carbocycles. The molecule has 2 heterocycles. The highest BCUT2D eigenvalue weighted by Crippen LogP contribution is 2.42. The summed E-state index contributed by atoms with van der Waals surface area (Å²) in [7, 11) is 0. The number of hydrogen-bond acceptors (Lipinski definition) is 3. The molecule has 0 bridgehead atoms. The summed E-state index contributed by atoms with van der Waals surface area (Å²) in [4.78, 5) is 2.95. The quantitative estimate of drug-likeness (QED) is 0.880. The minimum absolute atomic E-state index is 0.334. The van der Waals surface area contributed by atoms with Crippen LogP contribution in [0.3, 0.4) is 0 Å². The van der Waals surface area contributed by atoms with E-state index in [0.29, 0.717) is 30.1 Å². The molecule has 0 aromatic carbocycles. The van der Waals surface area contributed by atoms with Gasteiger partial charge in [0, 0.05) is 21.7 Å². The second kappa shape index (κ2) is 6.38. The van der Waals surface area contributed by atoms with Gasteiger partial charge in [0.1, 0.15) is 0 Å². The molecular weight excluding hydrogens is 254 g/mol. The smallest absolute Gasteiger partial charge is 0.0600 e. The fourth-order valence-electron chi connectivity index (χ4n) is 3.27. The van der Waals surface area contributed by atoms with Crippen molar-refractivity contribution >= 4 is 11.3 Å². The monoisotopic (exact) mass is 281 g/mol. The molecule has 19 heavy (non-hydrogen) atoms. The van der Waals surface area contributed by atoms with Crippen LogP contribution in [0.1, 0.15) is 50.4 Å². The fraction of sp³-hybridized carbons (Fsp3) is 0.750. The van der Waals surface area contributed by atoms with Crippen molar-refractivity contribution < 1.29 is 4.74 Å². The van der Waals surface area contributed by atoms with E-state index in [1.54, 1.807) is 0 Å². The summed E-state index contributed by atoms with van der Waals surface area (Å²) in [6.07, 6.45) is 1.83. The van der Waals surface area contributed by atoms with Crippen LogP contribution in [0.2, 0.25) is 0 Å². The van der Waals surface area contributed by atoms with Crippen molar-refractivity contribution in [1.82, 2.24) is 5.32 Å². The number of ether oxygens (including phenoxy) is 1. The summed E-state index contributed by atoms with van der Waals surface area (Å²) in [6.45, 7) is 12.2. The molecule has 2 nitrogen and oxygen atoms in total. The first-order chi connectivity index (χ1) is 9.08. The molecule has 0 saturated carbocycles. The van der Waals surface area contributed by atoms with Crippen LogP contribution >= 0.6 is 11.3 Å². The lowest BCUT2D eigenvalue weighted by Crippen LogP contribution is -2.34. The van der Waals surface area contributed by atoms with Crippen molar-refractivity contribution in [1.29, 1.82) is 0 Å². The number of hydrogen-bond donors (Lipinski definition) is 1. The number of aryl methyl sites for hydroxylation is 1. The maximum Gasteiger partial charge on any atom is 0.0600 e. The van der Waals surface area contributed by atoms with Crippen molar-refractivity contribution in [2.24, 2.45) is 11.8 Å².